The van der Waals surface area contributed by atoms with Gasteiger partial charge in [-0.15, -0.1) is 0 Å². The van der Waals surface area contributed by atoms with Gasteiger partial charge < -0.3 is 15.7 Å². The summed E-state index contributed by atoms with van der Waals surface area (Å²) < 4.78 is 11.7. The molecule has 0 spiro atoms. The summed E-state index contributed by atoms with van der Waals surface area (Å²) in [6.45, 7) is 3.82. The first kappa shape index (κ1) is 13.1. The van der Waals surface area contributed by atoms with Gasteiger partial charge in [-0.3, -0.25) is 4.57 Å². The maximum atomic E-state index is 11.7. The van der Waals surface area contributed by atoms with Gasteiger partial charge in [-0.2, -0.15) is 0 Å². The molecular weight excluding hydrogens is 189 g/mol. The average molecular weight is 209 g/mol. The molecule has 0 aliphatic heterocycles. The average Bonchev–Trinajstić information content (AvgIpc) is 2.13. The van der Waals surface area contributed by atoms with Crippen molar-refractivity contribution in [2.24, 2.45) is 5.73 Å². The van der Waals surface area contributed by atoms with E-state index < -0.39 is 12.7 Å². The molecule has 0 aromatic carbocycles. The van der Waals surface area contributed by atoms with E-state index in [2.05, 4.69) is 0 Å². The third-order valence-electron chi connectivity index (χ3n) is 2.45. The van der Waals surface area contributed by atoms with Crippen LogP contribution >= 0.6 is 7.37 Å². The van der Waals surface area contributed by atoms with Gasteiger partial charge in [-0.25, -0.2) is 0 Å². The van der Waals surface area contributed by atoms with Gasteiger partial charge in [0.05, 0.1) is 0 Å². The Labute approximate surface area is 79.6 Å². The van der Waals surface area contributed by atoms with Crippen LogP contribution in [0, 0.1) is 0 Å². The van der Waals surface area contributed by atoms with Crippen LogP contribution in [0.4, 0.5) is 0 Å². The summed E-state index contributed by atoms with van der Waals surface area (Å²) in [5.74, 6) is 0. The van der Waals surface area contributed by atoms with E-state index in [1.165, 1.54) is 0 Å². The fourth-order valence-electron chi connectivity index (χ4n) is 1.26. The zero-order chi connectivity index (χ0) is 10.5. The molecule has 0 bridgehead atoms. The van der Waals surface area contributed by atoms with Crippen LogP contribution in [-0.2, 0) is 4.57 Å². The molecule has 80 valence electrons. The van der Waals surface area contributed by atoms with Gasteiger partial charge >= 0.3 is 0 Å². The Kier molecular flexibility index (Phi) is 5.15. The van der Waals surface area contributed by atoms with E-state index in [-0.39, 0.29) is 6.16 Å². The highest BCUT2D eigenvalue weighted by Crippen LogP contribution is 2.56. The summed E-state index contributed by atoms with van der Waals surface area (Å²) in [6, 6.07) is 0. The molecule has 0 saturated carbocycles. The number of hydrogen-bond donors (Lipinski definition) is 3. The molecule has 5 heteroatoms. The number of aliphatic hydroxyl groups is 1. The van der Waals surface area contributed by atoms with E-state index >= 15 is 0 Å². The molecular formula is C8H20NO3P. The Hall–Kier alpha value is 0.110. The van der Waals surface area contributed by atoms with Crippen molar-refractivity contribution in [3.05, 3.63) is 0 Å². The lowest BCUT2D eigenvalue weighted by Crippen LogP contribution is -2.28. The molecule has 0 radical (unpaired) electrons. The van der Waals surface area contributed by atoms with Crippen molar-refractivity contribution in [3.8, 4) is 0 Å². The molecule has 0 aromatic rings. The molecule has 4 nitrogen and oxygen atoms in total. The van der Waals surface area contributed by atoms with E-state index in [1.54, 1.807) is 13.8 Å². The zero-order valence-electron chi connectivity index (χ0n) is 8.36. The Morgan fingerprint density at radius 2 is 1.85 bits per heavy atom. The highest BCUT2D eigenvalue weighted by Gasteiger charge is 2.41. The summed E-state index contributed by atoms with van der Waals surface area (Å²) in [6.07, 6.45) is 1.21. The molecule has 0 rings (SSSR count). The lowest BCUT2D eigenvalue weighted by atomic mass is 10.2. The van der Waals surface area contributed by atoms with Crippen LogP contribution in [0.5, 0.6) is 0 Å². The van der Waals surface area contributed by atoms with Crippen molar-refractivity contribution in [1.82, 2.24) is 0 Å². The van der Waals surface area contributed by atoms with Crippen LogP contribution in [0.1, 0.15) is 33.1 Å². The molecule has 4 N–H and O–H groups in total. The van der Waals surface area contributed by atoms with E-state index in [0.717, 1.165) is 0 Å². The van der Waals surface area contributed by atoms with Crippen LogP contribution in [0.2, 0.25) is 0 Å². The van der Waals surface area contributed by atoms with Crippen molar-refractivity contribution >= 4 is 7.37 Å². The molecule has 1 unspecified atom stereocenters. The predicted octanol–water partition coefficient (Wildman–Crippen LogP) is 1.11. The van der Waals surface area contributed by atoms with Crippen molar-refractivity contribution < 1.29 is 14.6 Å². The molecule has 1 atom stereocenters. The third kappa shape index (κ3) is 3.06. The smallest absolute Gasteiger partial charge is 0.231 e. The molecule has 0 heterocycles. The van der Waals surface area contributed by atoms with Crippen LogP contribution < -0.4 is 5.73 Å². The van der Waals surface area contributed by atoms with Gasteiger partial charge in [0.1, 0.15) is 5.34 Å². The lowest BCUT2D eigenvalue weighted by Gasteiger charge is -2.30. The quantitative estimate of drug-likeness (QED) is 0.572. The first-order valence-corrected chi connectivity index (χ1v) is 6.52. The van der Waals surface area contributed by atoms with Crippen molar-refractivity contribution in [2.45, 2.75) is 38.5 Å². The highest BCUT2D eigenvalue weighted by atomic mass is 31.2. The number of nitrogens with two attached hydrogens (primary N) is 1. The first-order valence-electron chi connectivity index (χ1n) is 4.68. The van der Waals surface area contributed by atoms with Crippen LogP contribution in [-0.4, -0.2) is 28.0 Å². The summed E-state index contributed by atoms with van der Waals surface area (Å²) in [4.78, 5) is 9.61. The standard InChI is InChI=1S/C8H20NO3P/c1-3-8(10,4-2)13(11,12)7-5-6-9/h10H,3-7,9H2,1-2H3,(H,11,12). The van der Waals surface area contributed by atoms with Gasteiger partial charge in [0.25, 0.3) is 0 Å². The Bertz CT molecular complexity index is 192. The van der Waals surface area contributed by atoms with E-state index in [9.17, 15) is 14.6 Å². The normalized spacial score (nSPS) is 17.0. The van der Waals surface area contributed by atoms with Crippen LogP contribution in [0.3, 0.4) is 0 Å². The summed E-state index contributed by atoms with van der Waals surface area (Å²) in [5, 5.41) is 8.41. The molecule has 0 amide bonds. The highest BCUT2D eigenvalue weighted by molar-refractivity contribution is 7.59. The maximum absolute atomic E-state index is 11.7. The maximum Gasteiger partial charge on any atom is 0.231 e. The summed E-state index contributed by atoms with van der Waals surface area (Å²) in [7, 11) is -3.46. The zero-order valence-corrected chi connectivity index (χ0v) is 9.26. The molecule has 0 aliphatic rings. The second-order valence-corrected chi connectivity index (χ2v) is 5.94. The molecule has 0 saturated heterocycles. The van der Waals surface area contributed by atoms with Crippen molar-refractivity contribution in [3.63, 3.8) is 0 Å². The third-order valence-corrected chi connectivity index (χ3v) is 5.30. The van der Waals surface area contributed by atoms with Gasteiger partial charge in [-0.1, -0.05) is 13.8 Å². The van der Waals surface area contributed by atoms with Crippen molar-refractivity contribution in [1.29, 1.82) is 0 Å². The minimum atomic E-state index is -3.46. The van der Waals surface area contributed by atoms with Gasteiger partial charge in [-0.05, 0) is 25.8 Å². The fourth-order valence-corrected chi connectivity index (χ4v) is 3.27. The molecule has 13 heavy (non-hydrogen) atoms. The van der Waals surface area contributed by atoms with E-state index in [4.69, 9.17) is 5.73 Å². The topological polar surface area (TPSA) is 83.5 Å². The lowest BCUT2D eigenvalue weighted by molar-refractivity contribution is 0.101. The minimum Gasteiger partial charge on any atom is -0.380 e. The van der Waals surface area contributed by atoms with Crippen molar-refractivity contribution in [2.75, 3.05) is 12.7 Å². The van der Waals surface area contributed by atoms with Crippen LogP contribution in [0.15, 0.2) is 0 Å². The Balaban J connectivity index is 4.48. The van der Waals surface area contributed by atoms with Crippen LogP contribution in [0.25, 0.3) is 0 Å². The molecule has 0 fully saturated rings. The number of hydrogen-bond acceptors (Lipinski definition) is 3. The summed E-state index contributed by atoms with van der Waals surface area (Å²) >= 11 is 0. The van der Waals surface area contributed by atoms with Gasteiger partial charge in [0.2, 0.25) is 7.37 Å². The number of rotatable bonds is 6. The van der Waals surface area contributed by atoms with Gasteiger partial charge in [0.15, 0.2) is 0 Å². The van der Waals surface area contributed by atoms with E-state index in [1.807, 2.05) is 0 Å². The predicted molar refractivity (Wildman–Crippen MR) is 53.9 cm³/mol. The Morgan fingerprint density at radius 1 is 1.38 bits per heavy atom. The molecule has 0 aliphatic carbocycles. The van der Waals surface area contributed by atoms with E-state index in [0.29, 0.717) is 25.8 Å². The summed E-state index contributed by atoms with van der Waals surface area (Å²) in [5.41, 5.74) is 5.25. The largest absolute Gasteiger partial charge is 0.380 e. The fraction of sp³-hybridized carbons (Fsp3) is 1.00. The van der Waals surface area contributed by atoms with Gasteiger partial charge in [0, 0.05) is 6.16 Å². The Morgan fingerprint density at radius 3 is 2.15 bits per heavy atom. The monoisotopic (exact) mass is 209 g/mol. The second kappa shape index (κ2) is 5.11. The SMILES string of the molecule is CCC(O)(CC)P(=O)(O)CCCN. The minimum absolute atomic E-state index is 0.113. The first-order chi connectivity index (χ1) is 5.93. The molecule has 0 aromatic heterocycles. The second-order valence-electron chi connectivity index (χ2n) is 3.26.